The van der Waals surface area contributed by atoms with Crippen molar-refractivity contribution in [3.63, 3.8) is 0 Å². The maximum atomic E-state index is 12.5. The number of amides is 1. The Balaban J connectivity index is 1.85. The molecule has 0 bridgehead atoms. The standard InChI is InChI=1S/C21H20N2O4/c1-13(17-9-8-16(26-2)12-20(17)27-3)22-23-21(25)18-10-14-6-4-5-7-15(14)11-19(18)24/h4-12,24H,1-3H3,(H,23,25)/b22-13-. The highest BCUT2D eigenvalue weighted by atomic mass is 16.5. The molecule has 0 saturated heterocycles. The molecule has 138 valence electrons. The molecule has 0 aliphatic rings. The molecule has 0 aromatic heterocycles. The summed E-state index contributed by atoms with van der Waals surface area (Å²) in [5.41, 5.74) is 3.93. The molecule has 3 rings (SSSR count). The monoisotopic (exact) mass is 364 g/mol. The SMILES string of the molecule is COc1ccc(/C(C)=N\NC(=O)c2cc3ccccc3cc2O)c(OC)c1. The third-order valence-corrected chi connectivity index (χ3v) is 4.23. The van der Waals surface area contributed by atoms with E-state index in [4.69, 9.17) is 9.47 Å². The summed E-state index contributed by atoms with van der Waals surface area (Å²) in [6.07, 6.45) is 0. The summed E-state index contributed by atoms with van der Waals surface area (Å²) >= 11 is 0. The molecule has 2 N–H and O–H groups in total. The molecule has 0 aliphatic carbocycles. The van der Waals surface area contributed by atoms with Crippen molar-refractivity contribution in [2.75, 3.05) is 14.2 Å². The van der Waals surface area contributed by atoms with Gasteiger partial charge in [-0.05, 0) is 42.0 Å². The first-order valence-electron chi connectivity index (χ1n) is 8.32. The van der Waals surface area contributed by atoms with Gasteiger partial charge in [-0.15, -0.1) is 0 Å². The Morgan fingerprint density at radius 2 is 1.67 bits per heavy atom. The Bertz CT molecular complexity index is 1030. The molecular formula is C21H20N2O4. The molecular weight excluding hydrogens is 344 g/mol. The number of phenols is 1. The highest BCUT2D eigenvalue weighted by Crippen LogP contribution is 2.26. The number of nitrogens with one attached hydrogen (secondary N) is 1. The molecule has 0 radical (unpaired) electrons. The quantitative estimate of drug-likeness (QED) is 0.534. The predicted octanol–water partition coefficient (Wildman–Crippen LogP) is 3.72. The lowest BCUT2D eigenvalue weighted by Gasteiger charge is -2.10. The summed E-state index contributed by atoms with van der Waals surface area (Å²) in [5, 5.41) is 16.0. The number of hydrazone groups is 1. The Hall–Kier alpha value is -3.54. The number of hydrogen-bond donors (Lipinski definition) is 2. The predicted molar refractivity (Wildman–Crippen MR) is 105 cm³/mol. The van der Waals surface area contributed by atoms with Crippen LogP contribution in [0.4, 0.5) is 0 Å². The Kier molecular flexibility index (Phi) is 5.26. The molecule has 0 saturated carbocycles. The first-order chi connectivity index (χ1) is 13.0. The minimum atomic E-state index is -0.495. The number of carbonyl (C=O) groups is 1. The second-order valence-corrected chi connectivity index (χ2v) is 5.92. The van der Waals surface area contributed by atoms with E-state index < -0.39 is 5.91 Å². The highest BCUT2D eigenvalue weighted by Gasteiger charge is 2.13. The van der Waals surface area contributed by atoms with Crippen molar-refractivity contribution in [2.45, 2.75) is 6.92 Å². The molecule has 6 nitrogen and oxygen atoms in total. The lowest BCUT2D eigenvalue weighted by molar-refractivity contribution is 0.0952. The molecule has 0 unspecified atom stereocenters. The molecule has 0 aliphatic heterocycles. The van der Waals surface area contributed by atoms with Gasteiger partial charge < -0.3 is 14.6 Å². The van der Waals surface area contributed by atoms with Crippen molar-refractivity contribution in [3.05, 3.63) is 65.7 Å². The molecule has 0 atom stereocenters. The normalized spacial score (nSPS) is 11.3. The zero-order valence-electron chi connectivity index (χ0n) is 15.3. The van der Waals surface area contributed by atoms with Crippen molar-refractivity contribution < 1.29 is 19.4 Å². The lowest BCUT2D eigenvalue weighted by atomic mass is 10.1. The van der Waals surface area contributed by atoms with Crippen LogP contribution in [0.1, 0.15) is 22.8 Å². The number of fused-ring (bicyclic) bond motifs is 1. The van der Waals surface area contributed by atoms with Crippen LogP contribution in [-0.2, 0) is 0 Å². The van der Waals surface area contributed by atoms with E-state index in [0.717, 1.165) is 16.3 Å². The number of hydrogen-bond acceptors (Lipinski definition) is 5. The second-order valence-electron chi connectivity index (χ2n) is 5.92. The number of methoxy groups -OCH3 is 2. The first-order valence-corrected chi connectivity index (χ1v) is 8.32. The number of phenolic OH excluding ortho intramolecular Hbond substituents is 1. The van der Waals surface area contributed by atoms with Gasteiger partial charge in [0.15, 0.2) is 0 Å². The Morgan fingerprint density at radius 3 is 2.33 bits per heavy atom. The number of ether oxygens (including phenoxy) is 2. The minimum absolute atomic E-state index is 0.0962. The topological polar surface area (TPSA) is 80.2 Å². The van der Waals surface area contributed by atoms with E-state index in [1.54, 1.807) is 51.5 Å². The van der Waals surface area contributed by atoms with E-state index in [2.05, 4.69) is 10.5 Å². The van der Waals surface area contributed by atoms with Gasteiger partial charge in [0.1, 0.15) is 17.2 Å². The highest BCUT2D eigenvalue weighted by molar-refractivity contribution is 6.04. The largest absolute Gasteiger partial charge is 0.507 e. The molecule has 0 heterocycles. The van der Waals surface area contributed by atoms with Crippen LogP contribution in [0.25, 0.3) is 10.8 Å². The van der Waals surface area contributed by atoms with Gasteiger partial charge in [-0.1, -0.05) is 24.3 Å². The van der Waals surface area contributed by atoms with Gasteiger partial charge in [0.25, 0.3) is 5.91 Å². The zero-order chi connectivity index (χ0) is 19.4. The smallest absolute Gasteiger partial charge is 0.275 e. The van der Waals surface area contributed by atoms with Crippen molar-refractivity contribution in [1.29, 1.82) is 0 Å². The van der Waals surface area contributed by atoms with Gasteiger partial charge in [0.05, 0.1) is 25.5 Å². The van der Waals surface area contributed by atoms with Gasteiger partial charge >= 0.3 is 0 Å². The van der Waals surface area contributed by atoms with E-state index in [-0.39, 0.29) is 11.3 Å². The van der Waals surface area contributed by atoms with Crippen LogP contribution in [0.15, 0.2) is 59.7 Å². The summed E-state index contributed by atoms with van der Waals surface area (Å²) in [7, 11) is 3.13. The van der Waals surface area contributed by atoms with Crippen LogP contribution in [0, 0.1) is 0 Å². The fourth-order valence-corrected chi connectivity index (χ4v) is 2.76. The second kappa shape index (κ2) is 7.78. The van der Waals surface area contributed by atoms with Gasteiger partial charge in [0, 0.05) is 11.6 Å². The Morgan fingerprint density at radius 1 is 0.963 bits per heavy atom. The average molecular weight is 364 g/mol. The number of carbonyl (C=O) groups excluding carboxylic acids is 1. The van der Waals surface area contributed by atoms with E-state index in [1.807, 2.05) is 24.3 Å². The maximum absolute atomic E-state index is 12.5. The van der Waals surface area contributed by atoms with Crippen molar-refractivity contribution in [1.82, 2.24) is 5.43 Å². The summed E-state index contributed by atoms with van der Waals surface area (Å²) in [4.78, 5) is 12.5. The van der Waals surface area contributed by atoms with Crippen molar-refractivity contribution >= 4 is 22.4 Å². The summed E-state index contributed by atoms with van der Waals surface area (Å²) in [5.74, 6) is 0.651. The average Bonchev–Trinajstić information content (AvgIpc) is 2.70. The fraction of sp³-hybridized carbons (Fsp3) is 0.143. The number of aromatic hydroxyl groups is 1. The third kappa shape index (κ3) is 3.84. The summed E-state index contributed by atoms with van der Waals surface area (Å²) in [6, 6.07) is 16.0. The molecule has 0 spiro atoms. The van der Waals surface area contributed by atoms with E-state index in [1.165, 1.54) is 0 Å². The number of benzene rings is 3. The zero-order valence-corrected chi connectivity index (χ0v) is 15.3. The molecule has 3 aromatic carbocycles. The fourth-order valence-electron chi connectivity index (χ4n) is 2.76. The Labute approximate surface area is 157 Å². The van der Waals surface area contributed by atoms with Gasteiger partial charge in [0.2, 0.25) is 0 Å². The molecule has 27 heavy (non-hydrogen) atoms. The summed E-state index contributed by atoms with van der Waals surface area (Å²) in [6.45, 7) is 1.75. The molecule has 1 amide bonds. The maximum Gasteiger partial charge on any atom is 0.275 e. The van der Waals surface area contributed by atoms with Crippen LogP contribution in [0.5, 0.6) is 17.2 Å². The van der Waals surface area contributed by atoms with Crippen molar-refractivity contribution in [2.24, 2.45) is 5.10 Å². The van der Waals surface area contributed by atoms with E-state index in [0.29, 0.717) is 17.2 Å². The molecule has 0 fully saturated rings. The number of nitrogens with zero attached hydrogens (tertiary/aromatic N) is 1. The van der Waals surface area contributed by atoms with Crippen LogP contribution in [0.2, 0.25) is 0 Å². The van der Waals surface area contributed by atoms with Crippen molar-refractivity contribution in [3.8, 4) is 17.2 Å². The van der Waals surface area contributed by atoms with Crippen LogP contribution in [0.3, 0.4) is 0 Å². The van der Waals surface area contributed by atoms with Crippen LogP contribution < -0.4 is 14.9 Å². The summed E-state index contributed by atoms with van der Waals surface area (Å²) < 4.78 is 10.5. The molecule has 3 aromatic rings. The molecule has 6 heteroatoms. The third-order valence-electron chi connectivity index (χ3n) is 4.23. The van der Waals surface area contributed by atoms with E-state index in [9.17, 15) is 9.90 Å². The van der Waals surface area contributed by atoms with Crippen LogP contribution in [-0.4, -0.2) is 30.9 Å². The van der Waals surface area contributed by atoms with Crippen LogP contribution >= 0.6 is 0 Å². The number of rotatable bonds is 5. The van der Waals surface area contributed by atoms with E-state index >= 15 is 0 Å². The first kappa shape index (κ1) is 18.3. The minimum Gasteiger partial charge on any atom is -0.507 e. The van der Waals surface area contributed by atoms with Gasteiger partial charge in [-0.25, -0.2) is 5.43 Å². The van der Waals surface area contributed by atoms with Gasteiger partial charge in [-0.3, -0.25) is 4.79 Å². The lowest BCUT2D eigenvalue weighted by Crippen LogP contribution is -2.19. The van der Waals surface area contributed by atoms with Gasteiger partial charge in [-0.2, -0.15) is 5.10 Å².